The molecule has 3 aliphatic carbocycles. The van der Waals surface area contributed by atoms with Crippen LogP contribution in [0.3, 0.4) is 0 Å². The first-order valence-electron chi connectivity index (χ1n) is 29.9. The van der Waals surface area contributed by atoms with E-state index in [-0.39, 0.29) is 107 Å². The van der Waals surface area contributed by atoms with Crippen molar-refractivity contribution in [1.29, 1.82) is 0 Å². The summed E-state index contributed by atoms with van der Waals surface area (Å²) in [6, 6.07) is 35.9. The number of halogens is 2. The van der Waals surface area contributed by atoms with Crippen LogP contribution in [0.2, 0.25) is 0 Å². The zero-order chi connectivity index (χ0) is 59.8. The number of rotatable bonds is 20. The zero-order valence-corrected chi connectivity index (χ0v) is 51.4. The van der Waals surface area contributed by atoms with Crippen molar-refractivity contribution in [1.82, 2.24) is 14.7 Å². The topological polar surface area (TPSA) is 152 Å². The average Bonchev–Trinajstić information content (AvgIpc) is 2.62. The number of nitrogens with two attached hydrogens (primary N) is 1. The summed E-state index contributed by atoms with van der Waals surface area (Å²) in [6.45, 7) is 19.2. The van der Waals surface area contributed by atoms with Gasteiger partial charge in [-0.2, -0.15) is 0 Å². The van der Waals surface area contributed by atoms with Crippen LogP contribution in [0.5, 0.6) is 0 Å². The predicted molar refractivity (Wildman–Crippen MR) is 327 cm³/mol. The number of carbonyl (C=O) groups excluding carboxylic acids is 6. The van der Waals surface area contributed by atoms with E-state index in [1.165, 1.54) is 89.4 Å². The Morgan fingerprint density at radius 1 is 0.679 bits per heavy atom. The molecule has 446 valence electrons. The summed E-state index contributed by atoms with van der Waals surface area (Å²) in [5.74, 6) is 0.520. The maximum absolute atomic E-state index is 14.8. The predicted octanol–water partition coefficient (Wildman–Crippen LogP) is 10.2. The number of hydrogen-bond acceptors (Lipinski definition) is 8. The fraction of sp³-hybridized carbons (Fsp3) is 0.493. The Morgan fingerprint density at radius 3 is 1.67 bits per heavy atom. The maximum Gasteiger partial charge on any atom is 1.00 e. The van der Waals surface area contributed by atoms with E-state index >= 15 is 0 Å². The Balaban J connectivity index is 0.000000242. The van der Waals surface area contributed by atoms with Gasteiger partial charge in [0, 0.05) is 37.3 Å². The number of carbonyl (C=O) groups is 6. The molecule has 15 heteroatoms. The molecular formula is C69H87F2LiN5O6S-. The van der Waals surface area contributed by atoms with Gasteiger partial charge in [-0.1, -0.05) is 145 Å². The number of hydrogen-bond donors (Lipinski definition) is 1. The first-order chi connectivity index (χ1) is 39.6. The largest absolute Gasteiger partial charge is 1.00 e. The van der Waals surface area contributed by atoms with Crippen molar-refractivity contribution in [3.05, 3.63) is 180 Å². The maximum atomic E-state index is 14.8. The minimum absolute atomic E-state index is 0. The van der Waals surface area contributed by atoms with Crippen LogP contribution in [0.15, 0.2) is 133 Å². The van der Waals surface area contributed by atoms with Crippen LogP contribution in [-0.2, 0) is 41.6 Å². The van der Waals surface area contributed by atoms with Gasteiger partial charge in [0.05, 0.1) is 23.4 Å². The number of amides is 6. The molecule has 3 fully saturated rings. The van der Waals surface area contributed by atoms with Gasteiger partial charge in [-0.3, -0.25) is 24.1 Å². The molecule has 9 rings (SSSR count). The van der Waals surface area contributed by atoms with E-state index < -0.39 is 17.6 Å². The third-order valence-electron chi connectivity index (χ3n) is 17.4. The van der Waals surface area contributed by atoms with Gasteiger partial charge in [0.2, 0.25) is 5.91 Å². The molecule has 4 aromatic rings. The summed E-state index contributed by atoms with van der Waals surface area (Å²) in [7, 11) is 0. The van der Waals surface area contributed by atoms with Crippen LogP contribution in [0.25, 0.3) is 5.32 Å². The van der Waals surface area contributed by atoms with Crippen LogP contribution >= 0.6 is 11.8 Å². The van der Waals surface area contributed by atoms with Crippen molar-refractivity contribution in [3.63, 3.8) is 0 Å². The fourth-order valence-electron chi connectivity index (χ4n) is 14.0. The smallest absolute Gasteiger partial charge is 0.589 e. The van der Waals surface area contributed by atoms with E-state index in [9.17, 15) is 37.5 Å². The minimum Gasteiger partial charge on any atom is -0.589 e. The summed E-state index contributed by atoms with van der Waals surface area (Å²) in [6.07, 6.45) is 16.2. The third kappa shape index (κ3) is 18.7. The van der Waals surface area contributed by atoms with Crippen LogP contribution in [0.1, 0.15) is 140 Å². The van der Waals surface area contributed by atoms with E-state index in [1.54, 1.807) is 0 Å². The Bertz CT molecular complexity index is 2840. The van der Waals surface area contributed by atoms with Gasteiger partial charge in [-0.05, 0) is 169 Å². The number of benzene rings is 4. The number of nitrogens with zero attached hydrogens (tertiary/aromatic N) is 4. The summed E-state index contributed by atoms with van der Waals surface area (Å²) in [5.41, 5.74) is 9.95. The van der Waals surface area contributed by atoms with Gasteiger partial charge in [-0.25, -0.2) is 8.78 Å². The molecule has 4 aromatic carbocycles. The molecule has 2 N–H and O–H groups in total. The van der Waals surface area contributed by atoms with Gasteiger partial charge in [-0.15, -0.1) is 18.2 Å². The molecule has 2 heterocycles. The first-order valence-corrected chi connectivity index (χ1v) is 31.1. The van der Waals surface area contributed by atoms with Crippen LogP contribution in [0.4, 0.5) is 8.78 Å². The fourth-order valence-corrected chi connectivity index (χ4v) is 14.9. The standard InChI is InChI=1S/C36H46N2O3S.C29H39F2N2O.C4H3NO2.Li/c1-36(2,3)35(31-22-29(28-16-8-5-9-17-28)21-30(31)20-26-12-6-4-7-13-26)37(23-27-14-10-11-15-27)34(41)24-42-25-38-32(39)18-19-33(38)40;1-5-27(34)33(15-9-14-32)28(29(2,3)4)25-18-22(24-19-23(30)12-13-26(24)31)17-21(25)16-20-10-7-6-8-11-20;6-3-1-2-4(7)5-3;/h4-9,12-13,16-19,27,29-31,35H,10-11,14-15,20-25H2,1-3H3;6-8,10-13,19,21-22,25,28H,1,5,9,14-18,32H2,2-4H3;1-2H,(H,5,6,7);/q;-1;;+1/p-1/t29?,30?,31?,35-;21?,22?,25?,28-;;/m00../s1. The molecule has 11 nitrogen and oxygen atoms in total. The molecule has 0 spiro atoms. The third-order valence-corrected chi connectivity index (χ3v) is 18.3. The van der Waals surface area contributed by atoms with E-state index in [0.717, 1.165) is 57.2 Å². The van der Waals surface area contributed by atoms with Crippen molar-refractivity contribution in [3.8, 4) is 0 Å². The van der Waals surface area contributed by atoms with Gasteiger partial charge in [0.25, 0.3) is 11.8 Å². The van der Waals surface area contributed by atoms with Crippen molar-refractivity contribution in [2.24, 2.45) is 46.2 Å². The molecule has 8 atom stereocenters. The second-order valence-electron chi connectivity index (χ2n) is 25.5. The number of imide groups is 2. The van der Waals surface area contributed by atoms with Crippen molar-refractivity contribution >= 4 is 47.2 Å². The minimum atomic E-state index is -0.454. The summed E-state index contributed by atoms with van der Waals surface area (Å²) in [4.78, 5) is 76.9. The quantitative estimate of drug-likeness (QED) is 0.0522. The van der Waals surface area contributed by atoms with Gasteiger partial charge < -0.3 is 37.4 Å². The van der Waals surface area contributed by atoms with E-state index in [2.05, 4.69) is 131 Å². The van der Waals surface area contributed by atoms with E-state index in [0.29, 0.717) is 48.7 Å². The number of thioether (sulfide) groups is 1. The Labute approximate surface area is 515 Å². The summed E-state index contributed by atoms with van der Waals surface area (Å²) in [5, 5.41) is 3.00. The van der Waals surface area contributed by atoms with Crippen molar-refractivity contribution in [2.75, 3.05) is 31.3 Å². The monoisotopic (exact) mass is 1160 g/mol. The molecule has 6 amide bonds. The molecule has 0 bridgehead atoms. The van der Waals surface area contributed by atoms with Gasteiger partial charge >= 0.3 is 18.9 Å². The zero-order valence-electron chi connectivity index (χ0n) is 50.6. The second-order valence-corrected chi connectivity index (χ2v) is 26.4. The molecule has 0 aromatic heterocycles. The molecule has 3 saturated carbocycles. The van der Waals surface area contributed by atoms with E-state index in [4.69, 9.17) is 5.73 Å². The Kier molecular flexibility index (Phi) is 25.4. The Hall–Kier alpha value is -5.65. The summed E-state index contributed by atoms with van der Waals surface area (Å²) >= 11 is 1.38. The molecule has 6 unspecified atom stereocenters. The van der Waals surface area contributed by atoms with Gasteiger partial charge in [0.15, 0.2) is 5.91 Å². The molecular weight excluding hydrogens is 1070 g/mol. The van der Waals surface area contributed by atoms with Gasteiger partial charge in [0.1, 0.15) is 11.6 Å². The molecule has 5 aliphatic rings. The average molecular weight is 1160 g/mol. The molecule has 2 aliphatic heterocycles. The van der Waals surface area contributed by atoms with Crippen molar-refractivity contribution in [2.45, 2.75) is 143 Å². The van der Waals surface area contributed by atoms with Crippen LogP contribution in [0, 0.1) is 59.0 Å². The normalized spacial score (nSPS) is 22.0. The Morgan fingerprint density at radius 2 is 1.18 bits per heavy atom. The first kappa shape index (κ1) is 67.5. The van der Waals surface area contributed by atoms with E-state index in [1.807, 2.05) is 23.1 Å². The SMILES string of the molecule is CC(C)(C)[C@H](C1CC(c2ccccc2)CC1Cc1ccccc1)N(CC1CCCC1)C(=O)CSCN1C(=O)C=CC1=O.O=C1C=CC(=O)[N-]1.[CH2-]CC(=O)N(CCCN)[C@@H](C1CC(c2cc(F)ccc2F)CC1Cc1ccccc1)C(C)(C)C.[Li+]. The van der Waals surface area contributed by atoms with Crippen LogP contribution in [-0.4, -0.2) is 93.5 Å². The van der Waals surface area contributed by atoms with Crippen LogP contribution < -0.4 is 24.6 Å². The second kappa shape index (κ2) is 31.7. The molecule has 84 heavy (non-hydrogen) atoms. The van der Waals surface area contributed by atoms with Crippen molar-refractivity contribution < 1.29 is 56.4 Å². The summed E-state index contributed by atoms with van der Waals surface area (Å²) < 4.78 is 28.9. The molecule has 0 radical (unpaired) electrons. The molecule has 0 saturated heterocycles.